The molecule has 11 heteroatoms. The van der Waals surface area contributed by atoms with Gasteiger partial charge in [-0.25, -0.2) is 0 Å². The summed E-state index contributed by atoms with van der Waals surface area (Å²) in [7, 11) is 0. The number of anilines is 2. The minimum absolute atomic E-state index is 0.267. The average molecular weight is 329 g/mol. The van der Waals surface area contributed by atoms with Gasteiger partial charge in [-0.15, -0.1) is 0 Å². The molecule has 0 aliphatic carbocycles. The lowest BCUT2D eigenvalue weighted by Gasteiger charge is -2.29. The molecule has 5 nitrogen and oxygen atoms in total. The van der Waals surface area contributed by atoms with Crippen molar-refractivity contribution in [3.63, 3.8) is 0 Å². The number of nitrogens with one attached hydrogen (secondary N) is 1. The first-order valence-electron chi connectivity index (χ1n) is 5.45. The molecular weight excluding hydrogens is 320 g/mol. The largest absolute Gasteiger partial charge is 0.397 e. The van der Waals surface area contributed by atoms with E-state index in [-0.39, 0.29) is 5.69 Å². The van der Waals surface area contributed by atoms with Crippen molar-refractivity contribution in [2.45, 2.75) is 17.8 Å². The van der Waals surface area contributed by atoms with E-state index in [1.165, 1.54) is 17.4 Å². The van der Waals surface area contributed by atoms with Gasteiger partial charge in [-0.2, -0.15) is 26.3 Å². The van der Waals surface area contributed by atoms with Crippen LogP contribution in [-0.2, 0) is 9.59 Å². The van der Waals surface area contributed by atoms with Crippen molar-refractivity contribution in [1.29, 1.82) is 0 Å². The van der Waals surface area contributed by atoms with E-state index in [2.05, 4.69) is 5.73 Å². The molecule has 0 aliphatic rings. The second kappa shape index (κ2) is 5.39. The zero-order chi connectivity index (χ0) is 17.3. The predicted octanol–water partition coefficient (Wildman–Crippen LogP) is 1.60. The maximum Gasteiger partial charge on any atom is 0.393 e. The molecular formula is C11H9F6N3O2. The summed E-state index contributed by atoms with van der Waals surface area (Å²) in [5, 5.41) is 1.29. The molecule has 22 heavy (non-hydrogen) atoms. The Kier molecular flexibility index (Phi) is 4.31. The first kappa shape index (κ1) is 17.6. The van der Waals surface area contributed by atoms with Crippen LogP contribution in [0, 0.1) is 0 Å². The maximum atomic E-state index is 13.4. The van der Waals surface area contributed by atoms with Crippen LogP contribution in [-0.4, -0.2) is 29.6 Å². The topological polar surface area (TPSA) is 98.2 Å². The van der Waals surface area contributed by atoms with E-state index < -0.39 is 35.3 Å². The van der Waals surface area contributed by atoms with Gasteiger partial charge in [0.05, 0.1) is 11.4 Å². The molecule has 2 amide bonds. The van der Waals surface area contributed by atoms with Crippen LogP contribution in [0.1, 0.15) is 0 Å². The van der Waals surface area contributed by atoms with E-state index in [9.17, 15) is 35.9 Å². The average Bonchev–Trinajstić information content (AvgIpc) is 2.40. The van der Waals surface area contributed by atoms with Crippen LogP contribution >= 0.6 is 0 Å². The number of nitrogens with two attached hydrogens (primary N) is 2. The Hall–Kier alpha value is -2.46. The molecule has 122 valence electrons. The molecule has 0 aliphatic heterocycles. The number of amides is 2. The van der Waals surface area contributed by atoms with Crippen LogP contribution in [0.3, 0.4) is 0 Å². The van der Waals surface area contributed by atoms with Gasteiger partial charge < -0.3 is 16.8 Å². The molecule has 0 unspecified atom stereocenters. The van der Waals surface area contributed by atoms with Crippen LogP contribution in [0.2, 0.25) is 0 Å². The quantitative estimate of drug-likeness (QED) is 0.565. The molecule has 0 bridgehead atoms. The van der Waals surface area contributed by atoms with Gasteiger partial charge in [0.2, 0.25) is 0 Å². The lowest BCUT2D eigenvalue weighted by atomic mass is 10.0. The Morgan fingerprint density at radius 3 is 1.91 bits per heavy atom. The third kappa shape index (κ3) is 2.65. The number of carbonyl (C=O) groups excluding carboxylic acids is 2. The van der Waals surface area contributed by atoms with E-state index >= 15 is 0 Å². The third-order valence-corrected chi connectivity index (χ3v) is 2.59. The predicted molar refractivity (Wildman–Crippen MR) is 63.5 cm³/mol. The smallest absolute Gasteiger partial charge is 0.393 e. The molecule has 0 saturated carbocycles. The fourth-order valence-electron chi connectivity index (χ4n) is 1.31. The van der Waals surface area contributed by atoms with E-state index in [1.807, 2.05) is 0 Å². The summed E-state index contributed by atoms with van der Waals surface area (Å²) in [4.78, 5) is 21.5. The van der Waals surface area contributed by atoms with E-state index in [4.69, 9.17) is 5.73 Å². The summed E-state index contributed by atoms with van der Waals surface area (Å²) in [6, 6.07) is 4.69. The summed E-state index contributed by atoms with van der Waals surface area (Å²) < 4.78 is 78.9. The van der Waals surface area contributed by atoms with Crippen molar-refractivity contribution in [3.8, 4) is 0 Å². The summed E-state index contributed by atoms with van der Waals surface area (Å²) in [6.45, 7) is 0. The summed E-state index contributed by atoms with van der Waals surface area (Å²) >= 11 is 0. The number of primary amides is 1. The molecule has 0 fully saturated rings. The number of carbonyl (C=O) groups is 2. The Balaban J connectivity index is 3.15. The lowest BCUT2D eigenvalue weighted by Crippen LogP contribution is -2.63. The number of hydrogen-bond acceptors (Lipinski definition) is 3. The highest BCUT2D eigenvalue weighted by atomic mass is 19.3. The van der Waals surface area contributed by atoms with Crippen LogP contribution in [0.4, 0.5) is 37.7 Å². The van der Waals surface area contributed by atoms with Gasteiger partial charge in [0.1, 0.15) is 0 Å². The Labute approximate surface area is 119 Å². The van der Waals surface area contributed by atoms with E-state index in [0.717, 1.165) is 12.1 Å². The van der Waals surface area contributed by atoms with Gasteiger partial charge in [-0.3, -0.25) is 9.59 Å². The summed E-state index contributed by atoms with van der Waals surface area (Å²) in [5.74, 6) is -24.0. The second-order valence-electron chi connectivity index (χ2n) is 4.13. The van der Waals surface area contributed by atoms with Crippen molar-refractivity contribution in [2.24, 2.45) is 5.73 Å². The first-order valence-corrected chi connectivity index (χ1v) is 5.45. The fourth-order valence-corrected chi connectivity index (χ4v) is 1.31. The van der Waals surface area contributed by atoms with Crippen molar-refractivity contribution in [3.05, 3.63) is 24.3 Å². The van der Waals surface area contributed by atoms with Crippen LogP contribution in [0.25, 0.3) is 0 Å². The number of hydrogen-bond donors (Lipinski definition) is 3. The molecule has 1 aromatic carbocycles. The normalized spacial score (nSPS) is 12.8. The monoisotopic (exact) mass is 329 g/mol. The zero-order valence-corrected chi connectivity index (χ0v) is 10.5. The van der Waals surface area contributed by atoms with Gasteiger partial charge in [-0.05, 0) is 12.1 Å². The number of rotatable bonds is 5. The van der Waals surface area contributed by atoms with Gasteiger partial charge in [0, 0.05) is 0 Å². The zero-order valence-electron chi connectivity index (χ0n) is 10.5. The molecule has 5 N–H and O–H groups in total. The molecule has 0 aromatic heterocycles. The standard InChI is InChI=1S/C11H9F6N3O2/c12-9(13,7(19)21)11(16,17)10(14,15)8(22)20-6-4-2-1-3-5(6)18/h1-4H,18H2,(H2,19,21)(H,20,22). The Bertz CT molecular complexity index is 605. The molecule has 1 aromatic rings. The highest BCUT2D eigenvalue weighted by Gasteiger charge is 2.77. The molecule has 1 rings (SSSR count). The highest BCUT2D eigenvalue weighted by Crippen LogP contribution is 2.46. The van der Waals surface area contributed by atoms with Crippen molar-refractivity contribution >= 4 is 23.2 Å². The minimum atomic E-state index is -6.33. The van der Waals surface area contributed by atoms with Crippen LogP contribution in [0.5, 0.6) is 0 Å². The minimum Gasteiger partial charge on any atom is -0.397 e. The maximum absolute atomic E-state index is 13.4. The van der Waals surface area contributed by atoms with Crippen molar-refractivity contribution in [1.82, 2.24) is 0 Å². The first-order chi connectivity index (χ1) is 9.85. The number of alkyl halides is 6. The number of nitrogen functional groups attached to an aromatic ring is 1. The van der Waals surface area contributed by atoms with Gasteiger partial charge in [0.25, 0.3) is 5.91 Å². The fraction of sp³-hybridized carbons (Fsp3) is 0.273. The number of para-hydroxylation sites is 2. The van der Waals surface area contributed by atoms with E-state index in [0.29, 0.717) is 0 Å². The molecule has 0 atom stereocenters. The Morgan fingerprint density at radius 2 is 1.45 bits per heavy atom. The Morgan fingerprint density at radius 1 is 0.955 bits per heavy atom. The van der Waals surface area contributed by atoms with Gasteiger partial charge >= 0.3 is 23.7 Å². The molecule has 0 heterocycles. The van der Waals surface area contributed by atoms with Gasteiger partial charge in [-0.1, -0.05) is 12.1 Å². The SMILES string of the molecule is NC(=O)C(F)(F)C(F)(F)C(F)(F)C(=O)Nc1ccccc1N. The van der Waals surface area contributed by atoms with Crippen molar-refractivity contribution in [2.75, 3.05) is 11.1 Å². The lowest BCUT2D eigenvalue weighted by molar-refractivity contribution is -0.284. The third-order valence-electron chi connectivity index (χ3n) is 2.59. The number of halogens is 6. The van der Waals surface area contributed by atoms with Crippen LogP contribution in [0.15, 0.2) is 24.3 Å². The van der Waals surface area contributed by atoms with E-state index in [1.54, 1.807) is 0 Å². The molecule has 0 radical (unpaired) electrons. The highest BCUT2D eigenvalue weighted by molar-refractivity contribution is 6.00. The molecule has 0 saturated heterocycles. The number of benzene rings is 1. The summed E-state index contributed by atoms with van der Waals surface area (Å²) in [5.41, 5.74) is 8.50. The molecule has 0 spiro atoms. The van der Waals surface area contributed by atoms with Crippen LogP contribution < -0.4 is 16.8 Å². The second-order valence-corrected chi connectivity index (χ2v) is 4.13. The van der Waals surface area contributed by atoms with Gasteiger partial charge in [0.15, 0.2) is 0 Å². The summed E-state index contributed by atoms with van der Waals surface area (Å²) in [6.07, 6.45) is 0. The van der Waals surface area contributed by atoms with Crippen molar-refractivity contribution < 1.29 is 35.9 Å².